The number of carbonyl (C=O) groups excluding carboxylic acids is 1. The third-order valence-electron chi connectivity index (χ3n) is 5.41. The van der Waals surface area contributed by atoms with Crippen LogP contribution in [0.4, 0.5) is 0 Å². The van der Waals surface area contributed by atoms with Crippen LogP contribution in [-0.2, 0) is 4.79 Å². The van der Waals surface area contributed by atoms with Crippen molar-refractivity contribution in [3.8, 4) is 17.2 Å². The first-order valence-electron chi connectivity index (χ1n) is 9.75. The molecule has 30 heavy (non-hydrogen) atoms. The Kier molecular flexibility index (Phi) is 5.57. The number of rotatable bonds is 7. The first-order valence-corrected chi connectivity index (χ1v) is 9.75. The van der Waals surface area contributed by atoms with E-state index in [0.29, 0.717) is 23.7 Å². The number of aldehydes is 1. The Morgan fingerprint density at radius 3 is 2.30 bits per heavy atom. The molecule has 0 fully saturated rings. The highest BCUT2D eigenvalue weighted by Crippen LogP contribution is 2.43. The maximum Gasteiger partial charge on any atom is 0.203 e. The van der Waals surface area contributed by atoms with E-state index in [0.717, 1.165) is 28.5 Å². The third-order valence-corrected chi connectivity index (χ3v) is 5.41. The molecular formula is C24H24N2O4. The monoisotopic (exact) mass is 404 g/mol. The fourth-order valence-corrected chi connectivity index (χ4v) is 3.93. The van der Waals surface area contributed by atoms with Crippen LogP contribution in [0.15, 0.2) is 59.7 Å². The zero-order chi connectivity index (χ0) is 21.1. The highest BCUT2D eigenvalue weighted by atomic mass is 16.5. The Balaban J connectivity index is 1.72. The summed E-state index contributed by atoms with van der Waals surface area (Å²) in [6.07, 6.45) is 1.54. The van der Waals surface area contributed by atoms with Gasteiger partial charge in [-0.25, -0.2) is 0 Å². The van der Waals surface area contributed by atoms with E-state index >= 15 is 0 Å². The molecule has 0 saturated heterocycles. The van der Waals surface area contributed by atoms with Crippen LogP contribution in [0.3, 0.4) is 0 Å². The van der Waals surface area contributed by atoms with E-state index in [9.17, 15) is 4.79 Å². The van der Waals surface area contributed by atoms with Crippen molar-refractivity contribution in [1.29, 1.82) is 0 Å². The van der Waals surface area contributed by atoms with Crippen molar-refractivity contribution < 1.29 is 19.0 Å². The number of nitrogens with zero attached hydrogens (tertiary/aromatic N) is 2. The molecular weight excluding hydrogens is 380 g/mol. The third kappa shape index (κ3) is 3.56. The Morgan fingerprint density at radius 2 is 1.67 bits per heavy atom. The van der Waals surface area contributed by atoms with Gasteiger partial charge in [-0.05, 0) is 40.1 Å². The zero-order valence-electron chi connectivity index (χ0n) is 17.3. The quantitative estimate of drug-likeness (QED) is 0.552. The van der Waals surface area contributed by atoms with Crippen LogP contribution in [0.1, 0.15) is 23.6 Å². The van der Waals surface area contributed by atoms with Gasteiger partial charge < -0.3 is 19.0 Å². The van der Waals surface area contributed by atoms with Gasteiger partial charge in [0.25, 0.3) is 0 Å². The van der Waals surface area contributed by atoms with E-state index in [1.54, 1.807) is 21.3 Å². The second kappa shape index (κ2) is 8.45. The van der Waals surface area contributed by atoms with Gasteiger partial charge in [0, 0.05) is 6.42 Å². The van der Waals surface area contributed by atoms with E-state index in [1.165, 1.54) is 5.39 Å². The Morgan fingerprint density at radius 1 is 0.967 bits per heavy atom. The molecule has 0 N–H and O–H groups in total. The summed E-state index contributed by atoms with van der Waals surface area (Å²) in [6.45, 7) is 0.207. The summed E-state index contributed by atoms with van der Waals surface area (Å²) < 4.78 is 16.4. The number of hydrogen-bond donors (Lipinski definition) is 0. The first-order chi connectivity index (χ1) is 14.7. The Hall–Kier alpha value is -3.54. The molecule has 0 aliphatic carbocycles. The normalized spacial score (nSPS) is 15.8. The molecule has 0 spiro atoms. The molecule has 1 heterocycles. The van der Waals surface area contributed by atoms with Crippen molar-refractivity contribution in [2.75, 3.05) is 27.9 Å². The maximum absolute atomic E-state index is 11.3. The average Bonchev–Trinajstić information content (AvgIpc) is 3.21. The molecule has 6 nitrogen and oxygen atoms in total. The molecule has 0 bridgehead atoms. The minimum absolute atomic E-state index is 0.106. The van der Waals surface area contributed by atoms with Crippen LogP contribution in [0.2, 0.25) is 0 Å². The van der Waals surface area contributed by atoms with Crippen LogP contribution in [0.5, 0.6) is 17.2 Å². The number of hydrazone groups is 1. The smallest absolute Gasteiger partial charge is 0.203 e. The van der Waals surface area contributed by atoms with Gasteiger partial charge in [-0.2, -0.15) is 5.10 Å². The molecule has 0 saturated carbocycles. The summed E-state index contributed by atoms with van der Waals surface area (Å²) in [5, 5.41) is 8.94. The van der Waals surface area contributed by atoms with Crippen LogP contribution < -0.4 is 14.2 Å². The van der Waals surface area contributed by atoms with Crippen LogP contribution in [-0.4, -0.2) is 44.9 Å². The number of ether oxygens (including phenoxy) is 3. The molecule has 1 aliphatic rings. The molecule has 1 unspecified atom stereocenters. The fourth-order valence-electron chi connectivity index (χ4n) is 3.93. The summed E-state index contributed by atoms with van der Waals surface area (Å²) in [7, 11) is 4.76. The summed E-state index contributed by atoms with van der Waals surface area (Å²) in [4.78, 5) is 11.3. The van der Waals surface area contributed by atoms with Gasteiger partial charge in [0.15, 0.2) is 11.5 Å². The second-order valence-electron chi connectivity index (χ2n) is 7.08. The highest BCUT2D eigenvalue weighted by molar-refractivity contribution is 6.04. The molecule has 1 atom stereocenters. The summed E-state index contributed by atoms with van der Waals surface area (Å²) in [6, 6.07) is 18.3. The molecule has 4 rings (SSSR count). The van der Waals surface area contributed by atoms with Gasteiger partial charge in [-0.15, -0.1) is 0 Å². The molecule has 0 radical (unpaired) electrons. The van der Waals surface area contributed by atoms with Crippen LogP contribution in [0, 0.1) is 0 Å². The number of carbonyl (C=O) groups is 1. The van der Waals surface area contributed by atoms with Crippen molar-refractivity contribution in [2.24, 2.45) is 5.10 Å². The summed E-state index contributed by atoms with van der Waals surface area (Å²) in [5.74, 6) is 1.70. The molecule has 3 aromatic rings. The van der Waals surface area contributed by atoms with Crippen molar-refractivity contribution in [3.63, 3.8) is 0 Å². The predicted molar refractivity (Wildman–Crippen MR) is 117 cm³/mol. The zero-order valence-corrected chi connectivity index (χ0v) is 17.3. The van der Waals surface area contributed by atoms with E-state index in [-0.39, 0.29) is 12.6 Å². The number of benzene rings is 3. The van der Waals surface area contributed by atoms with Crippen LogP contribution in [0.25, 0.3) is 10.8 Å². The number of hydrogen-bond acceptors (Lipinski definition) is 6. The standard InChI is InChI=1S/C24H24N2O4/c1-28-22-13-19(14-23(29-2)24(22)30-3)21-15-20(25-26(21)10-11-27)18-9-8-16-6-4-5-7-17(16)12-18/h4-9,11-14,21H,10,15H2,1-3H3. The van der Waals surface area contributed by atoms with E-state index in [2.05, 4.69) is 30.3 Å². The van der Waals surface area contributed by atoms with Crippen molar-refractivity contribution >= 4 is 22.8 Å². The van der Waals surface area contributed by atoms with Gasteiger partial charge in [0.1, 0.15) is 6.29 Å². The molecule has 6 heteroatoms. The highest BCUT2D eigenvalue weighted by Gasteiger charge is 2.30. The lowest BCUT2D eigenvalue weighted by atomic mass is 9.96. The van der Waals surface area contributed by atoms with Crippen molar-refractivity contribution in [3.05, 3.63) is 65.7 Å². The van der Waals surface area contributed by atoms with Gasteiger partial charge in [0.2, 0.25) is 5.75 Å². The lowest BCUT2D eigenvalue weighted by Gasteiger charge is -2.23. The SMILES string of the molecule is COc1cc(C2CC(c3ccc4ccccc4c3)=NN2CC=O)cc(OC)c1OC. The maximum atomic E-state index is 11.3. The molecule has 1 aliphatic heterocycles. The van der Waals surface area contributed by atoms with Gasteiger partial charge in [-0.3, -0.25) is 5.01 Å². The van der Waals surface area contributed by atoms with Gasteiger partial charge in [0.05, 0.1) is 39.6 Å². The lowest BCUT2D eigenvalue weighted by molar-refractivity contribution is -0.109. The molecule has 0 aromatic heterocycles. The van der Waals surface area contributed by atoms with Crippen molar-refractivity contribution in [2.45, 2.75) is 12.5 Å². The van der Waals surface area contributed by atoms with Gasteiger partial charge in [-0.1, -0.05) is 36.4 Å². The number of fused-ring (bicyclic) bond motifs is 1. The summed E-state index contributed by atoms with van der Waals surface area (Å²) >= 11 is 0. The second-order valence-corrected chi connectivity index (χ2v) is 7.08. The van der Waals surface area contributed by atoms with Crippen molar-refractivity contribution in [1.82, 2.24) is 5.01 Å². The van der Waals surface area contributed by atoms with Gasteiger partial charge >= 0.3 is 0 Å². The van der Waals surface area contributed by atoms with E-state index in [1.807, 2.05) is 29.3 Å². The van der Waals surface area contributed by atoms with E-state index < -0.39 is 0 Å². The fraction of sp³-hybridized carbons (Fsp3) is 0.250. The topological polar surface area (TPSA) is 60.4 Å². The molecule has 154 valence electrons. The largest absolute Gasteiger partial charge is 0.493 e. The Bertz CT molecular complexity index is 1080. The lowest BCUT2D eigenvalue weighted by Crippen LogP contribution is -2.21. The number of methoxy groups -OCH3 is 3. The Labute approximate surface area is 175 Å². The predicted octanol–water partition coefficient (Wildman–Crippen LogP) is 4.22. The van der Waals surface area contributed by atoms with Crippen LogP contribution >= 0.6 is 0 Å². The summed E-state index contributed by atoms with van der Waals surface area (Å²) in [5.41, 5.74) is 2.95. The van der Waals surface area contributed by atoms with E-state index in [4.69, 9.17) is 19.3 Å². The minimum Gasteiger partial charge on any atom is -0.493 e. The molecule has 3 aromatic carbocycles. The minimum atomic E-state index is -0.106. The first kappa shape index (κ1) is 19.8. The average molecular weight is 404 g/mol. The molecule has 0 amide bonds.